The van der Waals surface area contributed by atoms with E-state index >= 15 is 0 Å². The van der Waals surface area contributed by atoms with Crippen LogP contribution >= 0.6 is 12.4 Å². The van der Waals surface area contributed by atoms with Crippen LogP contribution in [0.1, 0.15) is 33.6 Å². The minimum absolute atomic E-state index is 0. The van der Waals surface area contributed by atoms with Gasteiger partial charge in [0.2, 0.25) is 11.8 Å². The fraction of sp³-hybridized carbons (Fsp3) is 0.833. The Hall–Kier alpha value is -0.810. The van der Waals surface area contributed by atoms with Gasteiger partial charge >= 0.3 is 0 Å². The number of nitrogens with zero attached hydrogens (tertiary/aromatic N) is 1. The summed E-state index contributed by atoms with van der Waals surface area (Å²) in [5, 5.41) is 2.90. The Morgan fingerprint density at radius 1 is 1.44 bits per heavy atom. The van der Waals surface area contributed by atoms with E-state index in [-0.39, 0.29) is 42.2 Å². The number of halogens is 1. The van der Waals surface area contributed by atoms with Gasteiger partial charge in [-0.15, -0.1) is 12.4 Å². The summed E-state index contributed by atoms with van der Waals surface area (Å²) in [4.78, 5) is 25.0. The predicted octanol–water partition coefficient (Wildman–Crippen LogP) is 0.519. The van der Waals surface area contributed by atoms with Crippen molar-refractivity contribution in [1.29, 1.82) is 0 Å². The maximum atomic E-state index is 11.8. The third-order valence-electron chi connectivity index (χ3n) is 3.26. The highest BCUT2D eigenvalue weighted by atomic mass is 35.5. The van der Waals surface area contributed by atoms with Crippen LogP contribution in [0.25, 0.3) is 0 Å². The van der Waals surface area contributed by atoms with E-state index in [1.165, 1.54) is 0 Å². The second-order valence-corrected chi connectivity index (χ2v) is 5.00. The van der Waals surface area contributed by atoms with Crippen molar-refractivity contribution in [3.8, 4) is 0 Å². The molecule has 6 heteroatoms. The number of carbonyl (C=O) groups is 2. The lowest BCUT2D eigenvalue weighted by atomic mass is 10.0. The van der Waals surface area contributed by atoms with Gasteiger partial charge in [-0.05, 0) is 20.3 Å². The molecule has 18 heavy (non-hydrogen) atoms. The lowest BCUT2D eigenvalue weighted by molar-refractivity contribution is -0.129. The van der Waals surface area contributed by atoms with E-state index in [4.69, 9.17) is 5.73 Å². The van der Waals surface area contributed by atoms with Crippen molar-refractivity contribution >= 4 is 24.2 Å². The Kier molecular flexibility index (Phi) is 7.25. The first-order valence-electron chi connectivity index (χ1n) is 6.25. The van der Waals surface area contributed by atoms with Crippen molar-refractivity contribution in [1.82, 2.24) is 10.2 Å². The number of rotatable bonds is 5. The van der Waals surface area contributed by atoms with Crippen LogP contribution in [0.15, 0.2) is 0 Å². The Bertz CT molecular complexity index is 297. The molecule has 1 saturated heterocycles. The monoisotopic (exact) mass is 277 g/mol. The molecule has 1 rings (SSSR count). The number of likely N-dealkylation sites (tertiary alicyclic amines) is 1. The maximum Gasteiger partial charge on any atom is 0.224 e. The number of nitrogens with one attached hydrogen (secondary N) is 1. The molecule has 2 amide bonds. The highest BCUT2D eigenvalue weighted by Gasteiger charge is 2.24. The van der Waals surface area contributed by atoms with Crippen LogP contribution < -0.4 is 11.1 Å². The third kappa shape index (κ3) is 4.82. The topological polar surface area (TPSA) is 75.4 Å². The molecule has 5 nitrogen and oxygen atoms in total. The molecule has 3 N–H and O–H groups in total. The van der Waals surface area contributed by atoms with Crippen molar-refractivity contribution in [3.05, 3.63) is 0 Å². The molecule has 1 aliphatic heterocycles. The summed E-state index contributed by atoms with van der Waals surface area (Å²) in [6.07, 6.45) is 1.56. The fourth-order valence-corrected chi connectivity index (χ4v) is 1.89. The maximum absolute atomic E-state index is 11.8. The molecule has 1 aliphatic rings. The first-order chi connectivity index (χ1) is 7.91. The molecule has 0 spiro atoms. The second-order valence-electron chi connectivity index (χ2n) is 5.00. The minimum Gasteiger partial charge on any atom is -0.352 e. The van der Waals surface area contributed by atoms with Crippen molar-refractivity contribution in [2.45, 2.75) is 45.7 Å². The molecular weight excluding hydrogens is 254 g/mol. The summed E-state index contributed by atoms with van der Waals surface area (Å²) in [6, 6.07) is -0.179. The van der Waals surface area contributed by atoms with Crippen LogP contribution in [0.3, 0.4) is 0 Å². The van der Waals surface area contributed by atoms with Gasteiger partial charge < -0.3 is 16.0 Å². The molecule has 106 valence electrons. The van der Waals surface area contributed by atoms with Gasteiger partial charge in [-0.2, -0.15) is 0 Å². The molecule has 0 saturated carbocycles. The molecule has 1 fully saturated rings. The van der Waals surface area contributed by atoms with E-state index in [9.17, 15) is 9.59 Å². The fourth-order valence-electron chi connectivity index (χ4n) is 1.89. The van der Waals surface area contributed by atoms with Gasteiger partial charge in [0.05, 0.1) is 0 Å². The van der Waals surface area contributed by atoms with Crippen LogP contribution in [0, 0.1) is 5.92 Å². The lowest BCUT2D eigenvalue weighted by Crippen LogP contribution is -2.46. The second kappa shape index (κ2) is 7.59. The Morgan fingerprint density at radius 2 is 2.06 bits per heavy atom. The zero-order valence-corrected chi connectivity index (χ0v) is 12.1. The van der Waals surface area contributed by atoms with E-state index in [2.05, 4.69) is 5.32 Å². The number of carbonyl (C=O) groups excluding carboxylic acids is 2. The molecule has 0 bridgehead atoms. The number of amides is 2. The average Bonchev–Trinajstić information content (AvgIpc) is 2.62. The molecule has 3 atom stereocenters. The Labute approximate surface area is 115 Å². The molecule has 0 radical (unpaired) electrons. The van der Waals surface area contributed by atoms with Crippen LogP contribution in [0.5, 0.6) is 0 Å². The average molecular weight is 278 g/mol. The van der Waals surface area contributed by atoms with Gasteiger partial charge in [0.1, 0.15) is 0 Å². The zero-order chi connectivity index (χ0) is 13.0. The Balaban J connectivity index is 0.00000289. The highest BCUT2D eigenvalue weighted by molar-refractivity contribution is 5.85. The van der Waals surface area contributed by atoms with Crippen LogP contribution in [-0.4, -0.2) is 41.9 Å². The summed E-state index contributed by atoms with van der Waals surface area (Å²) in [5.41, 5.74) is 5.67. The van der Waals surface area contributed by atoms with Crippen molar-refractivity contribution in [3.63, 3.8) is 0 Å². The van der Waals surface area contributed by atoms with E-state index in [0.717, 1.165) is 13.0 Å². The van der Waals surface area contributed by atoms with E-state index in [0.29, 0.717) is 13.0 Å². The van der Waals surface area contributed by atoms with Crippen LogP contribution in [-0.2, 0) is 9.59 Å². The van der Waals surface area contributed by atoms with Gasteiger partial charge in [-0.3, -0.25) is 9.59 Å². The highest BCUT2D eigenvalue weighted by Crippen LogP contribution is 2.10. The molecule has 0 aromatic carbocycles. The normalized spacial score (nSPS) is 20.0. The Morgan fingerprint density at radius 3 is 2.50 bits per heavy atom. The molecule has 3 unspecified atom stereocenters. The lowest BCUT2D eigenvalue weighted by Gasteiger charge is -2.24. The van der Waals surface area contributed by atoms with Gasteiger partial charge in [0.25, 0.3) is 0 Å². The quantitative estimate of drug-likeness (QED) is 0.769. The van der Waals surface area contributed by atoms with Gasteiger partial charge in [0.15, 0.2) is 0 Å². The van der Waals surface area contributed by atoms with Gasteiger partial charge in [-0.25, -0.2) is 0 Å². The summed E-state index contributed by atoms with van der Waals surface area (Å²) in [5.74, 6) is -0.0581. The third-order valence-corrected chi connectivity index (χ3v) is 3.26. The van der Waals surface area contributed by atoms with Crippen LogP contribution in [0.2, 0.25) is 0 Å². The summed E-state index contributed by atoms with van der Waals surface area (Å²) in [6.45, 7) is 6.95. The first kappa shape index (κ1) is 17.2. The van der Waals surface area contributed by atoms with Gasteiger partial charge in [0, 0.05) is 37.5 Å². The van der Waals surface area contributed by atoms with Gasteiger partial charge in [-0.1, -0.05) is 6.92 Å². The van der Waals surface area contributed by atoms with Crippen molar-refractivity contribution in [2.75, 3.05) is 13.1 Å². The number of hydrogen-bond acceptors (Lipinski definition) is 3. The largest absolute Gasteiger partial charge is 0.352 e. The predicted molar refractivity (Wildman–Crippen MR) is 73.5 cm³/mol. The van der Waals surface area contributed by atoms with Crippen LogP contribution in [0.4, 0.5) is 0 Å². The van der Waals surface area contributed by atoms with Crippen molar-refractivity contribution < 1.29 is 9.59 Å². The summed E-state index contributed by atoms with van der Waals surface area (Å²) >= 11 is 0. The molecule has 0 aromatic rings. The van der Waals surface area contributed by atoms with E-state index < -0.39 is 0 Å². The number of hydrogen-bond donors (Lipinski definition) is 2. The summed E-state index contributed by atoms with van der Waals surface area (Å²) in [7, 11) is 0. The zero-order valence-electron chi connectivity index (χ0n) is 11.3. The minimum atomic E-state index is -0.202. The smallest absolute Gasteiger partial charge is 0.224 e. The van der Waals surface area contributed by atoms with Crippen molar-refractivity contribution in [2.24, 2.45) is 11.7 Å². The standard InChI is InChI=1S/C12H23N3O2.ClH/c1-8(7-15-6-4-5-11(15)16)14-12(17)9(2)10(3)13;/h8-10H,4-7,13H2,1-3H3,(H,14,17);1H. The first-order valence-corrected chi connectivity index (χ1v) is 6.25. The van der Waals surface area contributed by atoms with E-state index in [1.54, 1.807) is 0 Å². The molecular formula is C12H24ClN3O2. The number of nitrogens with two attached hydrogens (primary N) is 1. The SMILES string of the molecule is CC(CN1CCCC1=O)NC(=O)C(C)C(C)N.Cl. The van der Waals surface area contributed by atoms with E-state index in [1.807, 2.05) is 25.7 Å². The molecule has 0 aliphatic carbocycles. The summed E-state index contributed by atoms with van der Waals surface area (Å²) < 4.78 is 0. The molecule has 0 aromatic heterocycles. The molecule has 1 heterocycles.